The van der Waals surface area contributed by atoms with E-state index >= 15 is 0 Å². The number of aryl methyl sites for hydroxylation is 1. The normalized spacial score (nSPS) is 11.0. The number of carbonyl (C=O) groups excluding carboxylic acids is 1. The zero-order valence-electron chi connectivity index (χ0n) is 11.4. The van der Waals surface area contributed by atoms with E-state index in [0.29, 0.717) is 6.54 Å². The number of likely N-dealkylation sites (N-methyl/N-ethyl adjacent to an activating group) is 1. The number of aromatic nitrogens is 2. The first-order valence-electron chi connectivity index (χ1n) is 6.13. The van der Waals surface area contributed by atoms with E-state index in [1.807, 2.05) is 13.2 Å². The van der Waals surface area contributed by atoms with Crippen LogP contribution < -0.4 is 0 Å². The molecule has 0 aliphatic rings. The van der Waals surface area contributed by atoms with Crippen LogP contribution in [0.2, 0.25) is 0 Å². The maximum atomic E-state index is 13.1. The maximum Gasteiger partial charge on any atom is 0.180 e. The molecule has 2 rings (SSSR count). The number of hydrogen-bond acceptors (Lipinski definition) is 4. The number of rotatable bonds is 5. The summed E-state index contributed by atoms with van der Waals surface area (Å²) in [5, 5.41) is 13.6. The van der Waals surface area contributed by atoms with Gasteiger partial charge in [0.25, 0.3) is 0 Å². The van der Waals surface area contributed by atoms with Crippen LogP contribution in [-0.4, -0.2) is 39.2 Å². The fraction of sp³-hybridized carbons (Fsp3) is 0.286. The molecule has 0 spiro atoms. The Morgan fingerprint density at radius 1 is 1.50 bits per heavy atom. The lowest BCUT2D eigenvalue weighted by atomic mass is 10.1. The first-order chi connectivity index (χ1) is 9.45. The summed E-state index contributed by atoms with van der Waals surface area (Å²) in [5.41, 5.74) is 0.981. The van der Waals surface area contributed by atoms with E-state index in [4.69, 9.17) is 0 Å². The molecule has 0 amide bonds. The Labute approximate surface area is 116 Å². The molecule has 1 aromatic heterocycles. The summed E-state index contributed by atoms with van der Waals surface area (Å²) >= 11 is 0. The molecule has 0 saturated carbocycles. The molecule has 0 atom stereocenters. The molecule has 0 aliphatic heterocycles. The number of phenolic OH excluding ortho intramolecular Hbond substituents is 1. The highest BCUT2D eigenvalue weighted by atomic mass is 19.1. The van der Waals surface area contributed by atoms with Gasteiger partial charge in [0, 0.05) is 25.4 Å². The highest BCUT2D eigenvalue weighted by Gasteiger charge is 2.15. The van der Waals surface area contributed by atoms with Crippen molar-refractivity contribution in [2.75, 3.05) is 13.6 Å². The largest absolute Gasteiger partial charge is 0.507 e. The number of Topliss-reactive ketones (excluding diaryl/α,β-unsaturated/α-hetero) is 1. The quantitative estimate of drug-likeness (QED) is 0.843. The summed E-state index contributed by atoms with van der Waals surface area (Å²) in [6, 6.07) is 3.35. The first kappa shape index (κ1) is 14.2. The molecule has 0 saturated heterocycles. The molecule has 106 valence electrons. The van der Waals surface area contributed by atoms with Gasteiger partial charge in [-0.3, -0.25) is 14.4 Å². The molecule has 1 heterocycles. The van der Waals surface area contributed by atoms with Gasteiger partial charge < -0.3 is 5.11 Å². The third-order valence-electron chi connectivity index (χ3n) is 2.88. The van der Waals surface area contributed by atoms with Gasteiger partial charge in [-0.15, -0.1) is 0 Å². The molecule has 0 unspecified atom stereocenters. The van der Waals surface area contributed by atoms with Crippen molar-refractivity contribution in [3.63, 3.8) is 0 Å². The standard InChI is InChI=1S/C14H16FN3O2/c1-17(7-10-6-16-18(2)8-10)9-14(20)12-5-11(15)3-4-13(12)19/h3-6,8,19H,7,9H2,1-2H3. The summed E-state index contributed by atoms with van der Waals surface area (Å²) in [5.74, 6) is -1.07. The van der Waals surface area contributed by atoms with Crippen LogP contribution in [-0.2, 0) is 13.6 Å². The fourth-order valence-corrected chi connectivity index (χ4v) is 1.98. The van der Waals surface area contributed by atoms with E-state index in [1.165, 1.54) is 6.07 Å². The smallest absolute Gasteiger partial charge is 0.180 e. The lowest BCUT2D eigenvalue weighted by molar-refractivity contribution is 0.0940. The van der Waals surface area contributed by atoms with Gasteiger partial charge in [0.1, 0.15) is 11.6 Å². The summed E-state index contributed by atoms with van der Waals surface area (Å²) in [6.07, 6.45) is 3.58. The number of nitrogens with zero attached hydrogens (tertiary/aromatic N) is 3. The molecule has 0 bridgehead atoms. The van der Waals surface area contributed by atoms with Crippen LogP contribution >= 0.6 is 0 Å². The van der Waals surface area contributed by atoms with Crippen molar-refractivity contribution in [2.45, 2.75) is 6.54 Å². The summed E-state index contributed by atoms with van der Waals surface area (Å²) in [6.45, 7) is 0.640. The molecule has 0 aliphatic carbocycles. The van der Waals surface area contributed by atoms with E-state index < -0.39 is 5.82 Å². The van der Waals surface area contributed by atoms with Crippen LogP contribution in [0.4, 0.5) is 4.39 Å². The van der Waals surface area contributed by atoms with Crippen LogP contribution in [0.3, 0.4) is 0 Å². The molecule has 1 N–H and O–H groups in total. The second-order valence-corrected chi connectivity index (χ2v) is 4.78. The second kappa shape index (κ2) is 5.83. The summed E-state index contributed by atoms with van der Waals surface area (Å²) < 4.78 is 14.8. The van der Waals surface area contributed by atoms with Crippen LogP contribution in [0.25, 0.3) is 0 Å². The van der Waals surface area contributed by atoms with Crippen LogP contribution in [0.5, 0.6) is 5.75 Å². The van der Waals surface area contributed by atoms with E-state index in [9.17, 15) is 14.3 Å². The van der Waals surface area contributed by atoms with Crippen molar-refractivity contribution >= 4 is 5.78 Å². The van der Waals surface area contributed by atoms with Crippen LogP contribution in [0.1, 0.15) is 15.9 Å². The van der Waals surface area contributed by atoms with Crippen molar-refractivity contribution < 1.29 is 14.3 Å². The lowest BCUT2D eigenvalue weighted by Crippen LogP contribution is -2.25. The van der Waals surface area contributed by atoms with Crippen molar-refractivity contribution in [3.8, 4) is 5.75 Å². The Kier molecular flexibility index (Phi) is 4.14. The second-order valence-electron chi connectivity index (χ2n) is 4.78. The highest BCUT2D eigenvalue weighted by molar-refractivity contribution is 5.99. The van der Waals surface area contributed by atoms with Crippen molar-refractivity contribution in [1.29, 1.82) is 0 Å². The number of benzene rings is 1. The van der Waals surface area contributed by atoms with Gasteiger partial charge in [-0.1, -0.05) is 0 Å². The zero-order chi connectivity index (χ0) is 14.7. The van der Waals surface area contributed by atoms with E-state index in [-0.39, 0.29) is 23.6 Å². The average Bonchev–Trinajstić information content (AvgIpc) is 2.77. The van der Waals surface area contributed by atoms with Crippen LogP contribution in [0.15, 0.2) is 30.6 Å². The van der Waals surface area contributed by atoms with Crippen molar-refractivity contribution in [2.24, 2.45) is 7.05 Å². The van der Waals surface area contributed by atoms with E-state index in [1.54, 1.807) is 22.8 Å². The maximum absolute atomic E-state index is 13.1. The molecule has 0 fully saturated rings. The molecule has 0 radical (unpaired) electrons. The van der Waals surface area contributed by atoms with Crippen LogP contribution in [0, 0.1) is 5.82 Å². The number of hydrogen-bond donors (Lipinski definition) is 1. The van der Waals surface area contributed by atoms with Gasteiger partial charge in [-0.25, -0.2) is 4.39 Å². The zero-order valence-corrected chi connectivity index (χ0v) is 11.4. The first-order valence-corrected chi connectivity index (χ1v) is 6.13. The van der Waals surface area contributed by atoms with Gasteiger partial charge in [-0.2, -0.15) is 5.10 Å². The Hall–Kier alpha value is -2.21. The van der Waals surface area contributed by atoms with Gasteiger partial charge in [0.05, 0.1) is 18.3 Å². The Morgan fingerprint density at radius 3 is 2.90 bits per heavy atom. The number of phenols is 1. The van der Waals surface area contributed by atoms with Gasteiger partial charge >= 0.3 is 0 Å². The SMILES string of the molecule is CN(CC(=O)c1cc(F)ccc1O)Cc1cnn(C)c1. The number of halogens is 1. The third kappa shape index (κ3) is 3.42. The lowest BCUT2D eigenvalue weighted by Gasteiger charge is -2.15. The number of aromatic hydroxyl groups is 1. The molecule has 5 nitrogen and oxygen atoms in total. The predicted octanol–water partition coefficient (Wildman–Crippen LogP) is 1.58. The van der Waals surface area contributed by atoms with Crippen molar-refractivity contribution in [3.05, 3.63) is 47.5 Å². The Balaban J connectivity index is 2.02. The van der Waals surface area contributed by atoms with Gasteiger partial charge in [-0.05, 0) is 25.2 Å². The summed E-state index contributed by atoms with van der Waals surface area (Å²) in [4.78, 5) is 13.8. The monoisotopic (exact) mass is 277 g/mol. The molecule has 1 aromatic carbocycles. The third-order valence-corrected chi connectivity index (χ3v) is 2.88. The molecule has 6 heteroatoms. The van der Waals surface area contributed by atoms with Gasteiger partial charge in [0.15, 0.2) is 5.78 Å². The minimum atomic E-state index is -0.541. The fourth-order valence-electron chi connectivity index (χ4n) is 1.98. The van der Waals surface area contributed by atoms with E-state index in [0.717, 1.165) is 17.7 Å². The number of ketones is 1. The molecule has 2 aromatic rings. The Bertz CT molecular complexity index is 625. The Morgan fingerprint density at radius 2 is 2.25 bits per heavy atom. The molecule has 20 heavy (non-hydrogen) atoms. The van der Waals surface area contributed by atoms with Gasteiger partial charge in [0.2, 0.25) is 0 Å². The number of carbonyl (C=O) groups is 1. The molecular formula is C14H16FN3O2. The predicted molar refractivity (Wildman–Crippen MR) is 71.9 cm³/mol. The minimum Gasteiger partial charge on any atom is -0.507 e. The van der Waals surface area contributed by atoms with E-state index in [2.05, 4.69) is 5.10 Å². The topological polar surface area (TPSA) is 58.4 Å². The molecular weight excluding hydrogens is 261 g/mol. The van der Waals surface area contributed by atoms with Crippen molar-refractivity contribution in [1.82, 2.24) is 14.7 Å². The summed E-state index contributed by atoms with van der Waals surface area (Å²) in [7, 11) is 3.60. The minimum absolute atomic E-state index is 0.00281. The average molecular weight is 277 g/mol. The highest BCUT2D eigenvalue weighted by Crippen LogP contribution is 2.18.